The van der Waals surface area contributed by atoms with E-state index in [4.69, 9.17) is 69.6 Å². The predicted octanol–water partition coefficient (Wildman–Crippen LogP) is 19.4. The van der Waals surface area contributed by atoms with Gasteiger partial charge in [0.1, 0.15) is 39.7 Å². The molecule has 18 heterocycles. The van der Waals surface area contributed by atoms with E-state index in [0.717, 1.165) is 55.9 Å². The second kappa shape index (κ2) is 39.2. The van der Waals surface area contributed by atoms with Gasteiger partial charge in [-0.1, -0.05) is 161 Å². The van der Waals surface area contributed by atoms with Gasteiger partial charge in [0.25, 0.3) is 59.1 Å². The van der Waals surface area contributed by atoms with Crippen LogP contribution in [0.1, 0.15) is 171 Å². The third-order valence-corrected chi connectivity index (χ3v) is 33.2. The third kappa shape index (κ3) is 16.7. The van der Waals surface area contributed by atoms with Crippen molar-refractivity contribution in [3.63, 3.8) is 0 Å². The van der Waals surface area contributed by atoms with Crippen LogP contribution in [0.25, 0.3) is 0 Å². The van der Waals surface area contributed by atoms with Crippen molar-refractivity contribution in [2.45, 2.75) is 87.6 Å². The van der Waals surface area contributed by atoms with E-state index in [0.29, 0.717) is 205 Å². The molecular formula is C110H88Cl6N16O10S3. The molecule has 5 unspecified atom stereocenters. The average Bonchev–Trinajstić information content (AvgIpc) is 1.63. The van der Waals surface area contributed by atoms with Crippen molar-refractivity contribution in [1.82, 2.24) is 78.9 Å². The molecule has 0 spiro atoms. The lowest BCUT2D eigenvalue weighted by Crippen LogP contribution is -2.58. The highest BCUT2D eigenvalue weighted by atomic mass is 35.5. The van der Waals surface area contributed by atoms with Gasteiger partial charge in [0, 0.05) is 175 Å². The van der Waals surface area contributed by atoms with Gasteiger partial charge in [-0.05, 0) is 228 Å². The lowest BCUT2D eigenvalue weighted by atomic mass is 9.85. The number of benzene rings is 6. The molecule has 5 saturated heterocycles. The molecule has 25 rings (SSSR count). The van der Waals surface area contributed by atoms with Crippen molar-refractivity contribution in [3.8, 4) is 0 Å². The van der Waals surface area contributed by atoms with Gasteiger partial charge >= 0.3 is 0 Å². The highest BCUT2D eigenvalue weighted by Gasteiger charge is 2.63. The lowest BCUT2D eigenvalue weighted by molar-refractivity contribution is -0.134. The number of hydrogen-bond acceptors (Lipinski definition) is 19. The Morgan fingerprint density at radius 2 is 0.655 bits per heavy atom. The quantitative estimate of drug-likeness (QED) is 0.123. The van der Waals surface area contributed by atoms with Gasteiger partial charge in [-0.3, -0.25) is 72.9 Å². The summed E-state index contributed by atoms with van der Waals surface area (Å²) in [5, 5.41) is 9.98. The lowest BCUT2D eigenvalue weighted by Gasteiger charge is -2.47. The number of hydrogen-bond donors (Lipinski definition) is 0. The highest BCUT2D eigenvalue weighted by Crippen LogP contribution is 2.53. The van der Waals surface area contributed by atoms with E-state index >= 15 is 0 Å². The van der Waals surface area contributed by atoms with E-state index < -0.39 is 28.3 Å². The van der Waals surface area contributed by atoms with Crippen LogP contribution in [-0.2, 0) is 65.2 Å². The van der Waals surface area contributed by atoms with Crippen LogP contribution in [0.4, 0.5) is 0 Å². The smallest absolute Gasteiger partial charge is 0.275 e. The zero-order valence-electron chi connectivity index (χ0n) is 78.2. The molecule has 11 aliphatic rings. The molecule has 14 aromatic rings. The summed E-state index contributed by atoms with van der Waals surface area (Å²) in [4.78, 5) is 181. The van der Waals surface area contributed by atoms with Gasteiger partial charge in [0.05, 0.1) is 59.8 Å². The normalized spacial score (nSPS) is 20.9. The second-order valence-electron chi connectivity index (χ2n) is 36.5. The van der Waals surface area contributed by atoms with Gasteiger partial charge < -0.3 is 49.0 Å². The molecular weight excluding hydrogens is 2010 g/mol. The molecule has 0 N–H and O–H groups in total. The Hall–Kier alpha value is -14.0. The molecule has 8 aromatic heterocycles. The van der Waals surface area contributed by atoms with Crippen LogP contribution in [-0.4, -0.2) is 203 Å². The van der Waals surface area contributed by atoms with E-state index in [1.165, 1.54) is 34.0 Å². The van der Waals surface area contributed by atoms with Gasteiger partial charge in [0.15, 0.2) is 0 Å². The molecule has 5 atom stereocenters. The number of aryl methyl sites for hydroxylation is 3. The van der Waals surface area contributed by atoms with Crippen LogP contribution in [0, 0.1) is 20.8 Å². The number of nitrogens with zero attached hydrogens (tertiary/aromatic N) is 16. The summed E-state index contributed by atoms with van der Waals surface area (Å²) in [5.41, 5.74) is 9.67. The van der Waals surface area contributed by atoms with Crippen LogP contribution >= 0.6 is 104 Å². The second-order valence-corrected chi connectivity index (χ2v) is 42.0. The standard InChI is InChI=1S/C23H17Cl2N3O2.2C22H18ClN3O2S.C22H18ClN3O2.C21H17ClN4O2S/c24-17-8-6-16(7-9-17)23-14-20-19(5-2-10-26-20)22(30)28(23)12-11-27(23)21(29)15-3-1-4-18(25)13-15;2*1-14-8-12-29-19(14)21(28)26-11-10-25-20(27)17-3-2-9-24-18(17)13-22(25,26)15-4-6-16(23)7-5-15;23-18-9-7-17(8-10-18)22-14-16-6-3-11-24-19(16)21(28)26(22)13-12-25(22)20(27)15-4-1-2-5-15;1-13-24-18(12-29-13)20(28)26-10-9-25-19(27)16-3-2-8-23-17(16)11-21(25,26)14-4-6-15(22)7-5-14/h1-10,13H,11-12,14H2;2*2-9,12H,10-11,13H2,1H3;1,3-11H,2,12-14H2;2-8,12H,9-11H2,1H3. The maximum atomic E-state index is 13.6. The summed E-state index contributed by atoms with van der Waals surface area (Å²) in [6.07, 6.45) is 17.2. The summed E-state index contributed by atoms with van der Waals surface area (Å²) in [5.74, 6) is -1.07. The molecule has 26 nitrogen and oxygen atoms in total. The molecule has 6 aromatic carbocycles. The average molecular weight is 2100 g/mol. The minimum absolute atomic E-state index is 0.0497. The van der Waals surface area contributed by atoms with Gasteiger partial charge in [-0.25, -0.2) is 4.98 Å². The number of fused-ring (bicyclic) bond motifs is 10. The number of pyridine rings is 5. The van der Waals surface area contributed by atoms with Gasteiger partial charge in [0.2, 0.25) is 0 Å². The Morgan fingerprint density at radius 3 is 0.986 bits per heavy atom. The van der Waals surface area contributed by atoms with E-state index in [-0.39, 0.29) is 59.1 Å². The van der Waals surface area contributed by atoms with Crippen molar-refractivity contribution in [1.29, 1.82) is 0 Å². The summed E-state index contributed by atoms with van der Waals surface area (Å²) in [6.45, 7) is 10.3. The van der Waals surface area contributed by atoms with Crippen LogP contribution in [0.15, 0.2) is 289 Å². The van der Waals surface area contributed by atoms with Crippen LogP contribution < -0.4 is 0 Å². The Labute approximate surface area is 876 Å². The first-order valence-corrected chi connectivity index (χ1v) is 51.9. The highest BCUT2D eigenvalue weighted by molar-refractivity contribution is 7.12. The van der Waals surface area contributed by atoms with Crippen molar-refractivity contribution in [3.05, 3.63) is 441 Å². The van der Waals surface area contributed by atoms with Crippen molar-refractivity contribution < 1.29 is 47.9 Å². The maximum Gasteiger partial charge on any atom is 0.275 e. The number of carbonyl (C=O) groups excluding carboxylic acids is 10. The summed E-state index contributed by atoms with van der Waals surface area (Å²) < 4.78 is 0. The molecule has 145 heavy (non-hydrogen) atoms. The van der Waals surface area contributed by atoms with E-state index in [1.807, 2.05) is 183 Å². The Kier molecular flexibility index (Phi) is 26.2. The number of thiophene rings is 2. The van der Waals surface area contributed by atoms with Crippen molar-refractivity contribution in [2.24, 2.45) is 0 Å². The number of amides is 10. The van der Waals surface area contributed by atoms with E-state index in [2.05, 4.69) is 29.9 Å². The van der Waals surface area contributed by atoms with Crippen LogP contribution in [0.3, 0.4) is 0 Å². The first kappa shape index (κ1) is 97.1. The van der Waals surface area contributed by atoms with Gasteiger partial charge in [-0.2, -0.15) is 0 Å². The number of halogens is 6. The zero-order valence-corrected chi connectivity index (χ0v) is 85.2. The summed E-state index contributed by atoms with van der Waals surface area (Å²) in [6, 6.07) is 65.8. The number of rotatable bonds is 10. The topological polar surface area (TPSA) is 280 Å². The Balaban J connectivity index is 0.000000107. The number of carbonyl (C=O) groups is 10. The summed E-state index contributed by atoms with van der Waals surface area (Å²) in [7, 11) is 0. The van der Waals surface area contributed by atoms with Crippen LogP contribution in [0.2, 0.25) is 30.1 Å². The molecule has 728 valence electrons. The molecule has 5 fully saturated rings. The number of thiazole rings is 1. The molecule has 10 aliphatic heterocycles. The fourth-order valence-corrected chi connectivity index (χ4v) is 25.4. The van der Waals surface area contributed by atoms with Crippen molar-refractivity contribution in [2.75, 3.05) is 65.4 Å². The Bertz CT molecular complexity index is 7490. The molecule has 0 radical (unpaired) electrons. The monoisotopic (exact) mass is 2100 g/mol. The fraction of sp³-hybridized carbons (Fsp3) is 0.218. The summed E-state index contributed by atoms with van der Waals surface area (Å²) >= 11 is 41.1. The first-order valence-electron chi connectivity index (χ1n) is 47.0. The molecule has 1 aliphatic carbocycles. The minimum Gasteiger partial charge on any atom is -0.309 e. The zero-order chi connectivity index (χ0) is 101. The maximum absolute atomic E-state index is 13.6. The van der Waals surface area contributed by atoms with Crippen LogP contribution in [0.5, 0.6) is 0 Å². The largest absolute Gasteiger partial charge is 0.309 e. The van der Waals surface area contributed by atoms with Crippen molar-refractivity contribution >= 4 is 163 Å². The SMILES string of the molecule is Cc1ccsc1C(=O)N1CCN2C(=O)c3cccnc3CC21c1ccc(Cl)cc1.Cc1ccsc1C(=O)N1CCN2C(=O)c3cccnc3CC21c1ccc(Cl)cc1.Cc1nc(C(=O)N2CCN3C(=O)c4cccnc4CC23c2ccc(Cl)cc2)cs1.O=C(C1=CCC=C1)N1CCN2C(=O)c3ncccc3CC12c1ccc(Cl)cc1.O=C(c1cccc(Cl)c1)N1CCN2C(=O)c3cccnc3CC12c1ccc(Cl)cc1. The number of allylic oxidation sites excluding steroid dienone is 2. The predicted molar refractivity (Wildman–Crippen MR) is 555 cm³/mol. The molecule has 0 bridgehead atoms. The molecule has 0 saturated carbocycles. The molecule has 35 heteroatoms. The Morgan fingerprint density at radius 1 is 0.324 bits per heavy atom. The van der Waals surface area contributed by atoms with Gasteiger partial charge in [-0.15, -0.1) is 34.0 Å². The number of aromatic nitrogens is 6. The molecule has 10 amide bonds. The third-order valence-electron chi connectivity index (χ3n) is 28.9. The fourth-order valence-electron chi connectivity index (χ4n) is 22.2. The minimum atomic E-state index is -0.970. The first-order chi connectivity index (χ1) is 70.2. The van der Waals surface area contributed by atoms with E-state index in [1.54, 1.807) is 170 Å². The van der Waals surface area contributed by atoms with E-state index in [9.17, 15) is 47.9 Å².